The fourth-order valence-corrected chi connectivity index (χ4v) is 7.16. The average molecular weight is 638 g/mol. The molecule has 1 unspecified atom stereocenters. The number of carbonyl (C=O) groups is 2. The van der Waals surface area contributed by atoms with E-state index in [1.165, 1.54) is 24.3 Å². The van der Waals surface area contributed by atoms with Crippen LogP contribution in [-0.4, -0.2) is 68.5 Å². The molecule has 1 aliphatic rings. The predicted molar refractivity (Wildman–Crippen MR) is 146 cm³/mol. The van der Waals surface area contributed by atoms with E-state index in [0.29, 0.717) is 6.07 Å². The van der Waals surface area contributed by atoms with E-state index in [1.54, 1.807) is 6.08 Å². The Morgan fingerprint density at radius 1 is 0.786 bits per heavy atom. The summed E-state index contributed by atoms with van der Waals surface area (Å²) in [6.07, 6.45) is 4.38. The van der Waals surface area contributed by atoms with Gasteiger partial charge in [0.1, 0.15) is 20.4 Å². The van der Waals surface area contributed by atoms with Gasteiger partial charge in [-0.2, -0.15) is 25.3 Å². The lowest BCUT2D eigenvalue weighted by Gasteiger charge is -2.20. The number of carboxylic acids is 1. The maximum absolute atomic E-state index is 12.6. The number of carbonyl (C=O) groups excluding carboxylic acids is 1. The van der Waals surface area contributed by atoms with E-state index in [1.807, 2.05) is 0 Å². The van der Waals surface area contributed by atoms with E-state index in [9.17, 15) is 53.6 Å². The van der Waals surface area contributed by atoms with Crippen molar-refractivity contribution < 1.29 is 58.3 Å². The molecule has 5 N–H and O–H groups in total. The number of benzene rings is 4. The minimum absolute atomic E-state index is 0.00456. The Morgan fingerprint density at radius 3 is 1.76 bits per heavy atom. The van der Waals surface area contributed by atoms with Crippen LogP contribution >= 0.6 is 0 Å². The highest BCUT2D eigenvalue weighted by molar-refractivity contribution is 7.87. The monoisotopic (exact) mass is 637 g/mol. The van der Waals surface area contributed by atoms with Gasteiger partial charge in [-0.3, -0.25) is 18.5 Å². The number of ether oxygens (including phenoxy) is 1. The summed E-state index contributed by atoms with van der Waals surface area (Å²) in [5.74, 6) is -2.16. The number of aliphatic carboxylic acids is 1. The summed E-state index contributed by atoms with van der Waals surface area (Å²) >= 11 is 0. The largest absolute Gasteiger partial charge is 0.483 e. The molecular weight excluding hydrogens is 618 g/mol. The number of carboxylic acid groups (broad SMARTS) is 1. The second-order valence-corrected chi connectivity index (χ2v) is 13.5. The number of amides is 1. The molecule has 0 fully saturated rings. The summed E-state index contributed by atoms with van der Waals surface area (Å²) in [6, 6.07) is 5.50. The smallest absolute Gasteiger partial charge is 0.331 e. The molecule has 1 amide bonds. The van der Waals surface area contributed by atoms with Crippen molar-refractivity contribution in [2.75, 3.05) is 6.61 Å². The zero-order valence-electron chi connectivity index (χ0n) is 20.9. The van der Waals surface area contributed by atoms with Crippen LogP contribution in [0, 0.1) is 0 Å². The van der Waals surface area contributed by atoms with Gasteiger partial charge in [-0.1, -0.05) is 36.4 Å². The fraction of sp³-hybridized carbons (Fsp3) is 0.120. The third-order valence-corrected chi connectivity index (χ3v) is 9.32. The van der Waals surface area contributed by atoms with Crippen LogP contribution in [0.4, 0.5) is 0 Å². The molecule has 14 nitrogen and oxygen atoms in total. The molecular formula is C25H19NO13S3. The first-order valence-electron chi connectivity index (χ1n) is 11.7. The number of nitrogens with one attached hydrogen (secondary N) is 1. The van der Waals surface area contributed by atoms with E-state index < -0.39 is 69.6 Å². The lowest BCUT2D eigenvalue weighted by Crippen LogP contribution is -2.38. The molecule has 17 heteroatoms. The van der Waals surface area contributed by atoms with Crippen LogP contribution in [0.1, 0.15) is 6.42 Å². The Kier molecular flexibility index (Phi) is 6.99. The highest BCUT2D eigenvalue weighted by Crippen LogP contribution is 2.45. The predicted octanol–water partition coefficient (Wildman–Crippen LogP) is 2.16. The van der Waals surface area contributed by atoms with Gasteiger partial charge in [-0.15, -0.1) is 0 Å². The standard InChI is InChI=1S/C25H19NO13S3/c27-22(26-13-3-1-2-12(8-13)25(28)29)11-39-18-9-19(40(30,31)32)15-6-7-17-21(42(36,37)38)10-20(41(33,34)35)16-5-4-14(18)23(15)24(16)17/h1-7,9-10,13H,8,11H2,(H,26,27)(H,28,29)(H,30,31,32)(H,33,34,35)(H,36,37,38). The van der Waals surface area contributed by atoms with E-state index in [0.717, 1.165) is 18.2 Å². The van der Waals surface area contributed by atoms with Crippen LogP contribution in [0.5, 0.6) is 5.75 Å². The molecule has 42 heavy (non-hydrogen) atoms. The molecule has 1 aliphatic carbocycles. The third kappa shape index (κ3) is 5.28. The van der Waals surface area contributed by atoms with Crippen LogP contribution in [0.15, 0.2) is 74.9 Å². The summed E-state index contributed by atoms with van der Waals surface area (Å²) in [5, 5.41) is 10.8. The van der Waals surface area contributed by atoms with Gasteiger partial charge < -0.3 is 15.2 Å². The lowest BCUT2D eigenvalue weighted by molar-refractivity contribution is -0.133. The van der Waals surface area contributed by atoms with Gasteiger partial charge in [0.2, 0.25) is 0 Å². The van der Waals surface area contributed by atoms with Gasteiger partial charge in [0, 0.05) is 50.4 Å². The van der Waals surface area contributed by atoms with Gasteiger partial charge in [-0.25, -0.2) is 4.79 Å². The van der Waals surface area contributed by atoms with Crippen LogP contribution in [-0.2, 0) is 39.9 Å². The zero-order valence-corrected chi connectivity index (χ0v) is 23.3. The number of hydrogen-bond donors (Lipinski definition) is 5. The maximum atomic E-state index is 12.6. The van der Waals surface area contributed by atoms with Gasteiger partial charge in [0.15, 0.2) is 6.61 Å². The highest BCUT2D eigenvalue weighted by Gasteiger charge is 2.28. The van der Waals surface area contributed by atoms with E-state index in [4.69, 9.17) is 4.74 Å². The average Bonchev–Trinajstić information content (AvgIpc) is 2.88. The van der Waals surface area contributed by atoms with Crippen molar-refractivity contribution in [1.29, 1.82) is 0 Å². The first-order valence-corrected chi connectivity index (χ1v) is 16.0. The van der Waals surface area contributed by atoms with Crippen molar-refractivity contribution in [2.45, 2.75) is 27.1 Å². The quantitative estimate of drug-likeness (QED) is 0.138. The van der Waals surface area contributed by atoms with Crippen molar-refractivity contribution in [1.82, 2.24) is 5.32 Å². The first-order chi connectivity index (χ1) is 19.5. The SMILES string of the molecule is O=C(COc1cc(S(=O)(=O)O)c2ccc3c(S(=O)(=O)O)cc(S(=O)(=O)O)c4ccc1c2c43)NC1C=CC=C(C(=O)O)C1. The Balaban J connectivity index is 1.68. The highest BCUT2D eigenvalue weighted by atomic mass is 32.2. The normalized spacial score (nSPS) is 16.2. The van der Waals surface area contributed by atoms with Gasteiger partial charge in [0.05, 0.1) is 6.04 Å². The Hall–Kier alpha value is -4.13. The minimum Gasteiger partial charge on any atom is -0.483 e. The minimum atomic E-state index is -5.08. The molecule has 4 aromatic carbocycles. The molecule has 0 spiro atoms. The van der Waals surface area contributed by atoms with Crippen molar-refractivity contribution in [3.63, 3.8) is 0 Å². The van der Waals surface area contributed by atoms with Gasteiger partial charge in [-0.05, 0) is 12.1 Å². The van der Waals surface area contributed by atoms with Gasteiger partial charge in [0.25, 0.3) is 36.3 Å². The van der Waals surface area contributed by atoms with Crippen molar-refractivity contribution >= 4 is 74.5 Å². The maximum Gasteiger partial charge on any atom is 0.331 e. The Bertz CT molecular complexity index is 2170. The molecule has 1 atom stereocenters. The molecule has 220 valence electrons. The van der Waals surface area contributed by atoms with Crippen molar-refractivity contribution in [3.8, 4) is 5.75 Å². The fourth-order valence-electron chi connectivity index (χ4n) is 4.95. The molecule has 5 rings (SSSR count). The molecule has 0 aliphatic heterocycles. The van der Waals surface area contributed by atoms with Crippen LogP contribution in [0.3, 0.4) is 0 Å². The number of hydrogen-bond acceptors (Lipinski definition) is 9. The second-order valence-electron chi connectivity index (χ2n) is 9.29. The summed E-state index contributed by atoms with van der Waals surface area (Å²) in [4.78, 5) is 21.3. The van der Waals surface area contributed by atoms with E-state index in [2.05, 4.69) is 5.32 Å². The van der Waals surface area contributed by atoms with Gasteiger partial charge >= 0.3 is 5.97 Å². The summed E-state index contributed by atoms with van der Waals surface area (Å²) in [5.41, 5.74) is 0.0572. The third-order valence-electron chi connectivity index (χ3n) is 6.64. The topological polar surface area (TPSA) is 239 Å². The molecule has 0 aromatic heterocycles. The number of allylic oxidation sites excluding steroid dienone is 2. The zero-order chi connectivity index (χ0) is 30.8. The molecule has 0 radical (unpaired) electrons. The summed E-state index contributed by atoms with van der Waals surface area (Å²) < 4.78 is 109. The molecule has 0 saturated heterocycles. The molecule has 0 bridgehead atoms. The summed E-state index contributed by atoms with van der Waals surface area (Å²) in [6.45, 7) is -0.710. The van der Waals surface area contributed by atoms with Crippen LogP contribution in [0.25, 0.3) is 32.3 Å². The molecule has 0 heterocycles. The summed E-state index contributed by atoms with van der Waals surface area (Å²) in [7, 11) is -15.1. The van der Waals surface area contributed by atoms with Crippen LogP contribution in [0.2, 0.25) is 0 Å². The molecule has 0 saturated carbocycles. The van der Waals surface area contributed by atoms with Crippen molar-refractivity contribution in [3.05, 3.63) is 60.2 Å². The van der Waals surface area contributed by atoms with Crippen LogP contribution < -0.4 is 10.1 Å². The molecule has 4 aromatic rings. The van der Waals surface area contributed by atoms with E-state index >= 15 is 0 Å². The van der Waals surface area contributed by atoms with E-state index in [-0.39, 0.29) is 50.1 Å². The second kappa shape index (κ2) is 10.0. The first kappa shape index (κ1) is 29.4. The Labute approximate surface area is 237 Å². The number of rotatable bonds is 8. The Morgan fingerprint density at radius 2 is 1.26 bits per heavy atom. The lowest BCUT2D eigenvalue weighted by atomic mass is 9.93. The van der Waals surface area contributed by atoms with Crippen molar-refractivity contribution in [2.24, 2.45) is 0 Å².